The Balaban J connectivity index is 1.38. The normalized spacial score (nSPS) is 20.3. The molecule has 6 heteroatoms. The minimum absolute atomic E-state index is 0.0315. The molecule has 2 aliphatic rings. The highest BCUT2D eigenvalue weighted by Gasteiger charge is 2.25. The van der Waals surface area contributed by atoms with Crippen molar-refractivity contribution in [3.63, 3.8) is 0 Å². The second kappa shape index (κ2) is 7.23. The van der Waals surface area contributed by atoms with Crippen LogP contribution in [-0.4, -0.2) is 48.2 Å². The van der Waals surface area contributed by atoms with Gasteiger partial charge in [-0.15, -0.1) is 0 Å². The lowest BCUT2D eigenvalue weighted by atomic mass is 9.92. The number of carbonyl (C=O) groups excluding carboxylic acids is 1. The molecule has 2 heterocycles. The molecule has 0 spiro atoms. The molecule has 2 fully saturated rings. The second-order valence-corrected chi connectivity index (χ2v) is 8.28. The maximum Gasteiger partial charge on any atom is 0.240 e. The van der Waals surface area contributed by atoms with E-state index in [4.69, 9.17) is 4.52 Å². The fourth-order valence-corrected chi connectivity index (χ4v) is 3.02. The molecule has 0 unspecified atom stereocenters. The molecule has 1 aliphatic heterocycles. The van der Waals surface area contributed by atoms with E-state index < -0.39 is 0 Å². The Bertz CT molecular complexity index is 552. The van der Waals surface area contributed by atoms with Crippen molar-refractivity contribution in [3.8, 4) is 0 Å². The van der Waals surface area contributed by atoms with Gasteiger partial charge in [-0.2, -0.15) is 0 Å². The van der Waals surface area contributed by atoms with Crippen LogP contribution in [0.5, 0.6) is 0 Å². The molecule has 3 rings (SSSR count). The van der Waals surface area contributed by atoms with Crippen molar-refractivity contribution < 1.29 is 9.32 Å². The van der Waals surface area contributed by atoms with Gasteiger partial charge in [-0.3, -0.25) is 15.0 Å². The molecule has 1 aromatic rings. The van der Waals surface area contributed by atoms with Crippen molar-refractivity contribution in [1.82, 2.24) is 15.4 Å². The molecule has 0 radical (unpaired) electrons. The number of hydrogen-bond acceptors (Lipinski definition) is 5. The molecule has 0 atom stereocenters. The molecule has 2 N–H and O–H groups in total. The lowest BCUT2D eigenvalue weighted by Crippen LogP contribution is -2.45. The van der Waals surface area contributed by atoms with Gasteiger partial charge in [0.2, 0.25) is 11.8 Å². The molecule has 6 nitrogen and oxygen atoms in total. The van der Waals surface area contributed by atoms with E-state index in [0.29, 0.717) is 18.5 Å². The van der Waals surface area contributed by atoms with Crippen molar-refractivity contribution in [3.05, 3.63) is 11.8 Å². The van der Waals surface area contributed by atoms with E-state index in [1.54, 1.807) is 0 Å². The predicted octanol–water partition coefficient (Wildman–Crippen LogP) is 2.37. The van der Waals surface area contributed by atoms with Gasteiger partial charge in [-0.25, -0.2) is 0 Å². The molecule has 1 saturated carbocycles. The minimum atomic E-state index is -0.0815. The molecule has 134 valence electrons. The van der Waals surface area contributed by atoms with Gasteiger partial charge < -0.3 is 9.84 Å². The lowest BCUT2D eigenvalue weighted by Gasteiger charge is -2.31. The van der Waals surface area contributed by atoms with E-state index in [2.05, 4.69) is 41.5 Å². The number of amides is 1. The zero-order chi connectivity index (χ0) is 17.2. The Morgan fingerprint density at radius 1 is 1.29 bits per heavy atom. The standard InChI is InChI=1S/C18H30N4O2/c1-18(2,3)15-10-17(24-21-15)20-16(23)12-22-8-6-14(7-9-22)19-11-13-4-5-13/h10,13-14,19H,4-9,11-12H2,1-3H3,(H,20,23). The summed E-state index contributed by atoms with van der Waals surface area (Å²) in [5.74, 6) is 1.33. The average Bonchev–Trinajstić information content (AvgIpc) is 3.22. The van der Waals surface area contributed by atoms with Gasteiger partial charge in [0.05, 0.1) is 12.2 Å². The van der Waals surface area contributed by atoms with Crippen molar-refractivity contribution in [2.45, 2.75) is 57.9 Å². The SMILES string of the molecule is CC(C)(C)c1cc(NC(=O)CN2CCC(NCC3CC3)CC2)on1. The Labute approximate surface area is 144 Å². The van der Waals surface area contributed by atoms with E-state index in [9.17, 15) is 4.79 Å². The zero-order valence-electron chi connectivity index (χ0n) is 15.1. The smallest absolute Gasteiger partial charge is 0.240 e. The highest BCUT2D eigenvalue weighted by Crippen LogP contribution is 2.28. The molecular formula is C18H30N4O2. The fraction of sp³-hybridized carbons (Fsp3) is 0.778. The van der Waals surface area contributed by atoms with Crippen molar-refractivity contribution in [2.75, 3.05) is 31.5 Å². The Morgan fingerprint density at radius 2 is 2.00 bits per heavy atom. The van der Waals surface area contributed by atoms with Gasteiger partial charge in [0.25, 0.3) is 0 Å². The van der Waals surface area contributed by atoms with Gasteiger partial charge in [0, 0.05) is 30.6 Å². The van der Waals surface area contributed by atoms with Gasteiger partial charge in [0.1, 0.15) is 0 Å². The highest BCUT2D eigenvalue weighted by molar-refractivity contribution is 5.91. The van der Waals surface area contributed by atoms with Crippen LogP contribution in [0.15, 0.2) is 10.6 Å². The first-order chi connectivity index (χ1) is 11.4. The maximum absolute atomic E-state index is 12.2. The quantitative estimate of drug-likeness (QED) is 0.836. The van der Waals surface area contributed by atoms with Gasteiger partial charge in [-0.1, -0.05) is 25.9 Å². The Kier molecular flexibility index (Phi) is 5.25. The third kappa shape index (κ3) is 5.05. The van der Waals surface area contributed by atoms with Crippen LogP contribution in [0.4, 0.5) is 5.88 Å². The largest absolute Gasteiger partial charge is 0.338 e. The average molecular weight is 334 g/mol. The monoisotopic (exact) mass is 334 g/mol. The van der Waals surface area contributed by atoms with Crippen molar-refractivity contribution >= 4 is 11.8 Å². The second-order valence-electron chi connectivity index (χ2n) is 8.28. The zero-order valence-corrected chi connectivity index (χ0v) is 15.1. The Hall–Kier alpha value is -1.40. The van der Waals surface area contributed by atoms with Crippen LogP contribution in [0.3, 0.4) is 0 Å². The number of piperidine rings is 1. The van der Waals surface area contributed by atoms with Crippen LogP contribution >= 0.6 is 0 Å². The minimum Gasteiger partial charge on any atom is -0.338 e. The predicted molar refractivity (Wildman–Crippen MR) is 94.0 cm³/mol. The molecule has 1 aliphatic carbocycles. The summed E-state index contributed by atoms with van der Waals surface area (Å²) < 4.78 is 5.22. The molecule has 1 amide bonds. The summed E-state index contributed by atoms with van der Waals surface area (Å²) in [4.78, 5) is 14.4. The summed E-state index contributed by atoms with van der Waals surface area (Å²) in [7, 11) is 0. The van der Waals surface area contributed by atoms with E-state index in [1.807, 2.05) is 6.07 Å². The van der Waals surface area contributed by atoms with E-state index >= 15 is 0 Å². The molecule has 0 bridgehead atoms. The summed E-state index contributed by atoms with van der Waals surface area (Å²) in [5.41, 5.74) is 0.766. The van der Waals surface area contributed by atoms with E-state index in [0.717, 1.165) is 37.5 Å². The summed E-state index contributed by atoms with van der Waals surface area (Å²) in [5, 5.41) is 10.5. The van der Waals surface area contributed by atoms with Crippen molar-refractivity contribution in [1.29, 1.82) is 0 Å². The Morgan fingerprint density at radius 3 is 2.58 bits per heavy atom. The lowest BCUT2D eigenvalue weighted by molar-refractivity contribution is -0.117. The van der Waals surface area contributed by atoms with Crippen LogP contribution in [0.2, 0.25) is 0 Å². The molecule has 1 saturated heterocycles. The molecule has 1 aromatic heterocycles. The topological polar surface area (TPSA) is 70.4 Å². The third-order valence-corrected chi connectivity index (χ3v) is 4.89. The van der Waals surface area contributed by atoms with Crippen LogP contribution in [-0.2, 0) is 10.2 Å². The van der Waals surface area contributed by atoms with E-state index in [1.165, 1.54) is 19.4 Å². The third-order valence-electron chi connectivity index (χ3n) is 4.89. The van der Waals surface area contributed by atoms with E-state index in [-0.39, 0.29) is 11.3 Å². The number of anilines is 1. The fourth-order valence-electron chi connectivity index (χ4n) is 3.02. The number of nitrogens with zero attached hydrogens (tertiary/aromatic N) is 2. The number of nitrogens with one attached hydrogen (secondary N) is 2. The number of rotatable bonds is 6. The number of carbonyl (C=O) groups is 1. The first-order valence-corrected chi connectivity index (χ1v) is 9.13. The van der Waals surface area contributed by atoms with Crippen LogP contribution < -0.4 is 10.6 Å². The maximum atomic E-state index is 12.2. The highest BCUT2D eigenvalue weighted by atomic mass is 16.5. The summed E-state index contributed by atoms with van der Waals surface area (Å²) >= 11 is 0. The van der Waals surface area contributed by atoms with Gasteiger partial charge in [0.15, 0.2) is 0 Å². The van der Waals surface area contributed by atoms with Gasteiger partial charge in [-0.05, 0) is 38.1 Å². The first kappa shape index (κ1) is 17.4. The van der Waals surface area contributed by atoms with Crippen LogP contribution in [0, 0.1) is 5.92 Å². The first-order valence-electron chi connectivity index (χ1n) is 9.13. The van der Waals surface area contributed by atoms with Gasteiger partial charge >= 0.3 is 0 Å². The number of aromatic nitrogens is 1. The molecule has 0 aromatic carbocycles. The summed E-state index contributed by atoms with van der Waals surface area (Å²) in [6, 6.07) is 2.43. The molecule has 24 heavy (non-hydrogen) atoms. The van der Waals surface area contributed by atoms with Crippen LogP contribution in [0.25, 0.3) is 0 Å². The molecular weight excluding hydrogens is 304 g/mol. The summed E-state index contributed by atoms with van der Waals surface area (Å²) in [6.45, 7) is 9.74. The van der Waals surface area contributed by atoms with Crippen LogP contribution in [0.1, 0.15) is 52.1 Å². The van der Waals surface area contributed by atoms with Crippen molar-refractivity contribution in [2.24, 2.45) is 5.92 Å². The summed E-state index contributed by atoms with van der Waals surface area (Å²) in [6.07, 6.45) is 5.03. The number of hydrogen-bond donors (Lipinski definition) is 2. The number of likely N-dealkylation sites (tertiary alicyclic amines) is 1.